The fourth-order valence-corrected chi connectivity index (χ4v) is 4.63. The number of piperidine rings is 1. The van der Waals surface area contributed by atoms with Gasteiger partial charge < -0.3 is 19.5 Å². The molecule has 1 amide bonds. The normalized spacial score (nSPS) is 18.3. The zero-order valence-corrected chi connectivity index (χ0v) is 19.0. The summed E-state index contributed by atoms with van der Waals surface area (Å²) in [5.41, 5.74) is 4.07. The Kier molecular flexibility index (Phi) is 7.30. The van der Waals surface area contributed by atoms with Gasteiger partial charge in [-0.15, -0.1) is 0 Å². The number of hydrogen-bond donors (Lipinski definition) is 1. The van der Waals surface area contributed by atoms with Gasteiger partial charge in [0.05, 0.1) is 6.54 Å². The monoisotopic (exact) mass is 424 g/mol. The number of benzene rings is 1. The van der Waals surface area contributed by atoms with Crippen LogP contribution in [0.4, 0.5) is 5.69 Å². The lowest BCUT2D eigenvalue weighted by Gasteiger charge is -2.36. The fraction of sp³-hybridized carbons (Fsp3) is 0.560. The van der Waals surface area contributed by atoms with Crippen LogP contribution in [0.1, 0.15) is 46.7 Å². The Bertz CT molecular complexity index is 864. The second-order valence-corrected chi connectivity index (χ2v) is 8.91. The minimum Gasteiger partial charge on any atom is -0.455 e. The Morgan fingerprint density at radius 3 is 2.48 bits per heavy atom. The van der Waals surface area contributed by atoms with E-state index >= 15 is 0 Å². The van der Waals surface area contributed by atoms with Gasteiger partial charge >= 0.3 is 0 Å². The van der Waals surface area contributed by atoms with Crippen molar-refractivity contribution in [2.24, 2.45) is 0 Å². The van der Waals surface area contributed by atoms with E-state index in [-0.39, 0.29) is 5.91 Å². The molecule has 2 saturated heterocycles. The van der Waals surface area contributed by atoms with E-state index in [0.717, 1.165) is 58.1 Å². The molecule has 0 bridgehead atoms. The van der Waals surface area contributed by atoms with Gasteiger partial charge in [-0.3, -0.25) is 9.69 Å². The summed E-state index contributed by atoms with van der Waals surface area (Å²) in [6, 6.07) is 10.3. The number of carbonyl (C=O) groups excluding carboxylic acids is 1. The van der Waals surface area contributed by atoms with E-state index in [0.29, 0.717) is 12.3 Å². The maximum Gasteiger partial charge on any atom is 0.287 e. The van der Waals surface area contributed by atoms with Crippen LogP contribution in [0.2, 0.25) is 0 Å². The van der Waals surface area contributed by atoms with E-state index in [1.165, 1.54) is 36.1 Å². The minimum atomic E-state index is -0.108. The molecule has 31 heavy (non-hydrogen) atoms. The van der Waals surface area contributed by atoms with Crippen molar-refractivity contribution in [2.75, 3.05) is 57.3 Å². The van der Waals surface area contributed by atoms with Crippen molar-refractivity contribution in [1.29, 1.82) is 0 Å². The van der Waals surface area contributed by atoms with E-state index in [1.54, 1.807) is 6.07 Å². The van der Waals surface area contributed by atoms with Gasteiger partial charge in [-0.25, -0.2) is 0 Å². The highest BCUT2D eigenvalue weighted by Gasteiger charge is 2.20. The number of amides is 1. The van der Waals surface area contributed by atoms with Gasteiger partial charge in [-0.05, 0) is 69.1 Å². The van der Waals surface area contributed by atoms with Crippen LogP contribution < -0.4 is 10.2 Å². The highest BCUT2D eigenvalue weighted by Crippen LogP contribution is 2.24. The molecule has 0 saturated carbocycles. The average Bonchev–Trinajstić information content (AvgIpc) is 3.26. The van der Waals surface area contributed by atoms with Gasteiger partial charge in [0, 0.05) is 45.0 Å². The second kappa shape index (κ2) is 10.3. The first-order valence-corrected chi connectivity index (χ1v) is 11.7. The minimum absolute atomic E-state index is 0.108. The molecule has 0 spiro atoms. The van der Waals surface area contributed by atoms with Crippen molar-refractivity contribution < 1.29 is 9.21 Å². The summed E-state index contributed by atoms with van der Waals surface area (Å²) >= 11 is 0. The van der Waals surface area contributed by atoms with E-state index in [2.05, 4.69) is 52.1 Å². The van der Waals surface area contributed by atoms with Gasteiger partial charge in [0.2, 0.25) is 0 Å². The molecule has 0 radical (unpaired) electrons. The van der Waals surface area contributed by atoms with Crippen molar-refractivity contribution in [3.05, 3.63) is 53.0 Å². The molecule has 0 unspecified atom stereocenters. The summed E-state index contributed by atoms with van der Waals surface area (Å²) < 4.78 is 5.86. The lowest BCUT2D eigenvalue weighted by molar-refractivity contribution is 0.0914. The number of likely N-dealkylation sites (tertiary alicyclic amines) is 1. The van der Waals surface area contributed by atoms with Crippen LogP contribution in [-0.4, -0.2) is 68.1 Å². The molecule has 3 heterocycles. The molecule has 6 nitrogen and oxygen atoms in total. The third-order valence-electron chi connectivity index (χ3n) is 6.72. The third kappa shape index (κ3) is 5.69. The molecule has 1 aromatic carbocycles. The number of hydrogen-bond acceptors (Lipinski definition) is 5. The molecule has 0 atom stereocenters. The first kappa shape index (κ1) is 21.9. The summed E-state index contributed by atoms with van der Waals surface area (Å²) in [6.45, 7) is 13.0. The predicted octanol–water partition coefficient (Wildman–Crippen LogP) is 3.43. The zero-order chi connectivity index (χ0) is 21.6. The maximum atomic E-state index is 12.4. The predicted molar refractivity (Wildman–Crippen MR) is 125 cm³/mol. The number of aryl methyl sites for hydroxylation is 1. The van der Waals surface area contributed by atoms with E-state index in [4.69, 9.17) is 4.42 Å². The lowest BCUT2D eigenvalue weighted by atomic mass is 10.1. The smallest absolute Gasteiger partial charge is 0.287 e. The summed E-state index contributed by atoms with van der Waals surface area (Å²) in [7, 11) is 0. The van der Waals surface area contributed by atoms with Crippen LogP contribution in [0.3, 0.4) is 0 Å². The highest BCUT2D eigenvalue weighted by molar-refractivity contribution is 5.91. The van der Waals surface area contributed by atoms with Crippen LogP contribution in [0.15, 0.2) is 34.7 Å². The fourth-order valence-electron chi connectivity index (χ4n) is 4.63. The van der Waals surface area contributed by atoms with Crippen LogP contribution in [-0.2, 0) is 6.54 Å². The number of nitrogens with one attached hydrogen (secondary N) is 1. The molecule has 168 valence electrons. The number of furan rings is 1. The molecule has 4 rings (SSSR count). The molecular formula is C25H36N4O2. The Morgan fingerprint density at radius 1 is 0.935 bits per heavy atom. The number of carbonyl (C=O) groups is 1. The van der Waals surface area contributed by atoms with Crippen molar-refractivity contribution >= 4 is 11.6 Å². The summed E-state index contributed by atoms with van der Waals surface area (Å²) in [5.74, 6) is 1.17. The molecule has 1 aromatic heterocycles. The first-order valence-electron chi connectivity index (χ1n) is 11.7. The Labute approximate surface area is 186 Å². The highest BCUT2D eigenvalue weighted by atomic mass is 16.4. The zero-order valence-electron chi connectivity index (χ0n) is 19.0. The van der Waals surface area contributed by atoms with E-state index in [1.807, 2.05) is 6.07 Å². The molecule has 0 aliphatic carbocycles. The number of rotatable bonds is 7. The van der Waals surface area contributed by atoms with Crippen LogP contribution in [0.25, 0.3) is 0 Å². The quantitative estimate of drug-likeness (QED) is 0.738. The van der Waals surface area contributed by atoms with E-state index < -0.39 is 0 Å². The van der Waals surface area contributed by atoms with Crippen LogP contribution >= 0.6 is 0 Å². The molecular weight excluding hydrogens is 388 g/mol. The number of anilines is 1. The Hall–Kier alpha value is -2.31. The van der Waals surface area contributed by atoms with Crippen LogP contribution in [0, 0.1) is 13.8 Å². The molecule has 2 aliphatic heterocycles. The van der Waals surface area contributed by atoms with Crippen molar-refractivity contribution in [1.82, 2.24) is 15.1 Å². The topological polar surface area (TPSA) is 52.0 Å². The van der Waals surface area contributed by atoms with Crippen molar-refractivity contribution in [3.8, 4) is 0 Å². The largest absolute Gasteiger partial charge is 0.455 e. The summed E-state index contributed by atoms with van der Waals surface area (Å²) in [4.78, 5) is 19.7. The average molecular weight is 425 g/mol. The molecule has 6 heteroatoms. The summed E-state index contributed by atoms with van der Waals surface area (Å²) in [6.07, 6.45) is 3.88. The molecule has 2 fully saturated rings. The van der Waals surface area contributed by atoms with Gasteiger partial charge in [0.25, 0.3) is 5.91 Å². The van der Waals surface area contributed by atoms with Gasteiger partial charge in [0.15, 0.2) is 5.76 Å². The van der Waals surface area contributed by atoms with Crippen molar-refractivity contribution in [3.63, 3.8) is 0 Å². The summed E-state index contributed by atoms with van der Waals surface area (Å²) in [5, 5.41) is 3.00. The molecule has 1 N–H and O–H groups in total. The van der Waals surface area contributed by atoms with Gasteiger partial charge in [0.1, 0.15) is 5.76 Å². The van der Waals surface area contributed by atoms with Crippen LogP contribution in [0.5, 0.6) is 0 Å². The van der Waals surface area contributed by atoms with Gasteiger partial charge in [-0.2, -0.15) is 0 Å². The third-order valence-corrected chi connectivity index (χ3v) is 6.72. The molecule has 2 aromatic rings. The number of nitrogens with zero attached hydrogens (tertiary/aromatic N) is 3. The first-order chi connectivity index (χ1) is 15.1. The molecule has 2 aliphatic rings. The number of piperazine rings is 1. The Morgan fingerprint density at radius 2 is 1.71 bits per heavy atom. The van der Waals surface area contributed by atoms with E-state index in [9.17, 15) is 4.79 Å². The maximum absolute atomic E-state index is 12.4. The second-order valence-electron chi connectivity index (χ2n) is 8.91. The lowest BCUT2D eigenvalue weighted by Crippen LogP contribution is -2.46. The SMILES string of the molecule is Cc1cccc(N2CCN(Cc3ccc(C(=O)NCCN4CCCCC4)o3)CC2)c1C. The van der Waals surface area contributed by atoms with Crippen molar-refractivity contribution in [2.45, 2.75) is 39.7 Å². The standard InChI is InChI=1S/C25H36N4O2/c1-20-7-6-8-23(21(20)2)29-17-15-28(16-18-29)19-22-9-10-24(31-22)25(30)26-11-14-27-12-4-3-5-13-27/h6-10H,3-5,11-19H2,1-2H3,(H,26,30). The Balaban J connectivity index is 1.22. The van der Waals surface area contributed by atoms with Gasteiger partial charge in [-0.1, -0.05) is 18.6 Å².